The number of benzene rings is 1. The molecule has 5 nitrogen and oxygen atoms in total. The summed E-state index contributed by atoms with van der Waals surface area (Å²) in [5.41, 5.74) is 0.827. The van der Waals surface area contributed by atoms with Crippen molar-refractivity contribution >= 4 is 23.2 Å². The Labute approximate surface area is 87.1 Å². The van der Waals surface area contributed by atoms with Gasteiger partial charge in [-0.25, -0.2) is 0 Å². The number of aromatic hydroxyl groups is 1. The molecular weight excluding hydrogens is 196 g/mol. The molecule has 0 aromatic heterocycles. The first kappa shape index (κ1) is 11.0. The zero-order valence-electron chi connectivity index (χ0n) is 8.50. The Kier molecular flexibility index (Phi) is 3.28. The average Bonchev–Trinajstić information content (AvgIpc) is 2.08. The van der Waals surface area contributed by atoms with E-state index in [1.807, 2.05) is 0 Å². The zero-order valence-corrected chi connectivity index (χ0v) is 8.50. The lowest BCUT2D eigenvalue weighted by molar-refractivity contribution is -0.115. The number of amides is 2. The molecule has 0 spiro atoms. The predicted molar refractivity (Wildman–Crippen MR) is 56.7 cm³/mol. The van der Waals surface area contributed by atoms with Crippen molar-refractivity contribution in [2.45, 2.75) is 13.8 Å². The predicted octanol–water partition coefficient (Wildman–Crippen LogP) is 1.31. The van der Waals surface area contributed by atoms with Crippen molar-refractivity contribution in [3.63, 3.8) is 0 Å². The molecule has 0 radical (unpaired) electrons. The molecule has 1 rings (SSSR count). The Morgan fingerprint density at radius 1 is 1.07 bits per heavy atom. The number of carbonyl (C=O) groups is 2. The first-order valence-electron chi connectivity index (χ1n) is 4.37. The minimum atomic E-state index is -0.271. The summed E-state index contributed by atoms with van der Waals surface area (Å²) in [6, 6.07) is 4.31. The summed E-state index contributed by atoms with van der Waals surface area (Å²) in [7, 11) is 0. The van der Waals surface area contributed by atoms with E-state index in [1.165, 1.54) is 32.0 Å². The van der Waals surface area contributed by atoms with E-state index in [4.69, 9.17) is 0 Å². The third-order valence-electron chi connectivity index (χ3n) is 1.62. The molecule has 0 atom stereocenters. The molecule has 80 valence electrons. The van der Waals surface area contributed by atoms with Crippen molar-refractivity contribution < 1.29 is 14.7 Å². The second-order valence-corrected chi connectivity index (χ2v) is 3.09. The zero-order chi connectivity index (χ0) is 11.4. The number of phenolic OH excluding ortho intramolecular Hbond substituents is 1. The maximum atomic E-state index is 10.9. The largest absolute Gasteiger partial charge is 0.508 e. The van der Waals surface area contributed by atoms with Crippen molar-refractivity contribution in [1.29, 1.82) is 0 Å². The molecule has 2 amide bonds. The van der Waals surface area contributed by atoms with Crippen LogP contribution in [-0.2, 0) is 9.59 Å². The highest BCUT2D eigenvalue weighted by atomic mass is 16.3. The Hall–Kier alpha value is -2.04. The lowest BCUT2D eigenvalue weighted by atomic mass is 10.2. The molecule has 0 unspecified atom stereocenters. The molecule has 3 N–H and O–H groups in total. The minimum absolute atomic E-state index is 0.0212. The van der Waals surface area contributed by atoms with Gasteiger partial charge in [0.05, 0.1) is 11.4 Å². The summed E-state index contributed by atoms with van der Waals surface area (Å²) in [6.07, 6.45) is 0. The molecule has 0 aliphatic carbocycles. The Balaban J connectivity index is 3.02. The van der Waals surface area contributed by atoms with Crippen LogP contribution in [0.4, 0.5) is 11.4 Å². The highest BCUT2D eigenvalue weighted by molar-refractivity contribution is 5.98. The van der Waals surface area contributed by atoms with Crippen molar-refractivity contribution in [2.24, 2.45) is 0 Å². The molecule has 15 heavy (non-hydrogen) atoms. The SMILES string of the molecule is CC(=O)Nc1ccc(O)cc1NC(C)=O. The maximum Gasteiger partial charge on any atom is 0.221 e. The fourth-order valence-corrected chi connectivity index (χ4v) is 1.12. The van der Waals surface area contributed by atoms with Gasteiger partial charge in [-0.15, -0.1) is 0 Å². The number of hydrogen-bond donors (Lipinski definition) is 3. The van der Waals surface area contributed by atoms with Crippen molar-refractivity contribution in [3.05, 3.63) is 18.2 Å². The number of carbonyl (C=O) groups excluding carboxylic acids is 2. The first-order valence-corrected chi connectivity index (χ1v) is 4.37. The van der Waals surface area contributed by atoms with Gasteiger partial charge in [0.25, 0.3) is 0 Å². The van der Waals surface area contributed by atoms with Crippen molar-refractivity contribution in [1.82, 2.24) is 0 Å². The molecule has 0 fully saturated rings. The summed E-state index contributed by atoms with van der Waals surface area (Å²) in [6.45, 7) is 2.71. The van der Waals surface area contributed by atoms with E-state index in [1.54, 1.807) is 0 Å². The van der Waals surface area contributed by atoms with Crippen LogP contribution < -0.4 is 10.6 Å². The molecule has 0 aliphatic rings. The van der Waals surface area contributed by atoms with Gasteiger partial charge in [-0.05, 0) is 12.1 Å². The molecule has 0 aliphatic heterocycles. The van der Waals surface area contributed by atoms with E-state index in [0.717, 1.165) is 0 Å². The second kappa shape index (κ2) is 4.45. The summed E-state index contributed by atoms with van der Waals surface area (Å²) in [5, 5.41) is 14.3. The molecular formula is C10H12N2O3. The van der Waals surface area contributed by atoms with Crippen molar-refractivity contribution in [2.75, 3.05) is 10.6 Å². The fourth-order valence-electron chi connectivity index (χ4n) is 1.12. The number of rotatable bonds is 2. The van der Waals surface area contributed by atoms with Gasteiger partial charge in [0.2, 0.25) is 11.8 Å². The topological polar surface area (TPSA) is 78.4 Å². The molecule has 0 heterocycles. The van der Waals surface area contributed by atoms with Gasteiger partial charge in [-0.2, -0.15) is 0 Å². The van der Waals surface area contributed by atoms with Gasteiger partial charge >= 0.3 is 0 Å². The van der Waals surface area contributed by atoms with Crippen LogP contribution in [0.3, 0.4) is 0 Å². The summed E-state index contributed by atoms with van der Waals surface area (Å²) >= 11 is 0. The smallest absolute Gasteiger partial charge is 0.221 e. The van der Waals surface area contributed by atoms with Gasteiger partial charge in [0.15, 0.2) is 0 Å². The van der Waals surface area contributed by atoms with Gasteiger partial charge in [0, 0.05) is 19.9 Å². The van der Waals surface area contributed by atoms with Crippen LogP contribution in [0.2, 0.25) is 0 Å². The van der Waals surface area contributed by atoms with Gasteiger partial charge in [0.1, 0.15) is 5.75 Å². The highest BCUT2D eigenvalue weighted by Gasteiger charge is 2.06. The Bertz CT molecular complexity index is 402. The molecule has 0 saturated carbocycles. The van der Waals surface area contributed by atoms with Crippen LogP contribution in [-0.4, -0.2) is 16.9 Å². The van der Waals surface area contributed by atoms with E-state index >= 15 is 0 Å². The maximum absolute atomic E-state index is 10.9. The van der Waals surface area contributed by atoms with E-state index in [9.17, 15) is 14.7 Å². The monoisotopic (exact) mass is 208 g/mol. The van der Waals surface area contributed by atoms with E-state index in [0.29, 0.717) is 11.4 Å². The summed E-state index contributed by atoms with van der Waals surface area (Å²) < 4.78 is 0. The molecule has 0 saturated heterocycles. The molecule has 1 aromatic carbocycles. The minimum Gasteiger partial charge on any atom is -0.508 e. The average molecular weight is 208 g/mol. The lowest BCUT2D eigenvalue weighted by Gasteiger charge is -2.10. The second-order valence-electron chi connectivity index (χ2n) is 3.09. The number of phenols is 1. The third-order valence-corrected chi connectivity index (χ3v) is 1.62. The third kappa shape index (κ3) is 3.30. The van der Waals surface area contributed by atoms with Crippen LogP contribution in [0.5, 0.6) is 5.75 Å². The van der Waals surface area contributed by atoms with Crippen LogP contribution in [0.25, 0.3) is 0 Å². The first-order chi connectivity index (χ1) is 6.99. The van der Waals surface area contributed by atoms with E-state index in [2.05, 4.69) is 10.6 Å². The van der Waals surface area contributed by atoms with Crippen LogP contribution in [0.15, 0.2) is 18.2 Å². The van der Waals surface area contributed by atoms with Crippen LogP contribution in [0, 0.1) is 0 Å². The number of nitrogens with one attached hydrogen (secondary N) is 2. The van der Waals surface area contributed by atoms with Gasteiger partial charge in [-0.1, -0.05) is 0 Å². The lowest BCUT2D eigenvalue weighted by Crippen LogP contribution is -2.11. The number of anilines is 2. The molecule has 1 aromatic rings. The van der Waals surface area contributed by atoms with E-state index < -0.39 is 0 Å². The molecule has 0 bridgehead atoms. The van der Waals surface area contributed by atoms with Crippen molar-refractivity contribution in [3.8, 4) is 5.75 Å². The Morgan fingerprint density at radius 2 is 1.60 bits per heavy atom. The normalized spacial score (nSPS) is 9.47. The highest BCUT2D eigenvalue weighted by Crippen LogP contribution is 2.26. The summed E-state index contributed by atoms with van der Waals surface area (Å²) in [4.78, 5) is 21.7. The standard InChI is InChI=1S/C10H12N2O3/c1-6(13)11-9-4-3-8(15)5-10(9)12-7(2)14/h3-5,15H,1-2H3,(H,11,13)(H,12,14). The Morgan fingerprint density at radius 3 is 2.13 bits per heavy atom. The summed E-state index contributed by atoms with van der Waals surface area (Å²) in [5.74, 6) is -0.493. The number of hydrogen-bond acceptors (Lipinski definition) is 3. The fraction of sp³-hybridized carbons (Fsp3) is 0.200. The van der Waals surface area contributed by atoms with E-state index in [-0.39, 0.29) is 17.6 Å². The van der Waals surface area contributed by atoms with Gasteiger partial charge in [-0.3, -0.25) is 9.59 Å². The van der Waals surface area contributed by atoms with Crippen LogP contribution in [0.1, 0.15) is 13.8 Å². The van der Waals surface area contributed by atoms with Crippen LogP contribution >= 0.6 is 0 Å². The van der Waals surface area contributed by atoms with Gasteiger partial charge < -0.3 is 15.7 Å². The quantitative estimate of drug-likeness (QED) is 0.641. The molecule has 5 heteroatoms.